The van der Waals surface area contributed by atoms with Crippen molar-refractivity contribution in [2.24, 2.45) is 4.99 Å². The van der Waals surface area contributed by atoms with Gasteiger partial charge in [-0.25, -0.2) is 5.48 Å². The molecule has 0 bridgehead atoms. The number of hydroxylamine groups is 1. The van der Waals surface area contributed by atoms with E-state index >= 15 is 0 Å². The number of rotatable bonds is 10. The highest BCUT2D eigenvalue weighted by Crippen LogP contribution is 2.10. The standard InChI is InChI=1S/C13H22N4O5/c1-14-13(9-17(18)19)15-21-7-6-20-10-12-5-4-11(22-12)8-16(2)3/h4-5H,6-10H2,1-3H3,(H,14,15). The summed E-state index contributed by atoms with van der Waals surface area (Å²) >= 11 is 0. The van der Waals surface area contributed by atoms with Crippen LogP contribution in [0.4, 0.5) is 0 Å². The third kappa shape index (κ3) is 7.72. The van der Waals surface area contributed by atoms with Gasteiger partial charge >= 0.3 is 0 Å². The van der Waals surface area contributed by atoms with Crippen molar-refractivity contribution in [1.82, 2.24) is 10.4 Å². The van der Waals surface area contributed by atoms with E-state index in [0.29, 0.717) is 13.2 Å². The fourth-order valence-corrected chi connectivity index (χ4v) is 1.58. The van der Waals surface area contributed by atoms with Gasteiger partial charge in [0.05, 0.1) is 19.8 Å². The summed E-state index contributed by atoms with van der Waals surface area (Å²) in [5.41, 5.74) is 2.42. The molecule has 0 aliphatic heterocycles. The molecule has 9 heteroatoms. The zero-order chi connectivity index (χ0) is 16.4. The Morgan fingerprint density at radius 2 is 2.14 bits per heavy atom. The SMILES string of the molecule is CN=C(C[N+](=O)[O-])NOCCOCc1ccc(CN(C)C)o1. The molecule has 1 rings (SSSR count). The van der Waals surface area contributed by atoms with Gasteiger partial charge in [0.2, 0.25) is 0 Å². The largest absolute Gasteiger partial charge is 0.462 e. The summed E-state index contributed by atoms with van der Waals surface area (Å²) in [5, 5.41) is 10.3. The predicted molar refractivity (Wildman–Crippen MR) is 80.1 cm³/mol. The lowest BCUT2D eigenvalue weighted by Crippen LogP contribution is -2.31. The lowest BCUT2D eigenvalue weighted by molar-refractivity contribution is -0.464. The number of aliphatic imine (C=N–C) groups is 1. The molecule has 0 spiro atoms. The Bertz CT molecular complexity index is 487. The van der Waals surface area contributed by atoms with Crippen LogP contribution in [0.1, 0.15) is 11.5 Å². The first-order valence-electron chi connectivity index (χ1n) is 6.76. The second kappa shape index (κ2) is 9.87. The van der Waals surface area contributed by atoms with E-state index in [4.69, 9.17) is 14.0 Å². The molecule has 0 aliphatic rings. The molecule has 22 heavy (non-hydrogen) atoms. The summed E-state index contributed by atoms with van der Waals surface area (Å²) < 4.78 is 11.0. The molecule has 1 aromatic rings. The molecular weight excluding hydrogens is 292 g/mol. The zero-order valence-electron chi connectivity index (χ0n) is 13.1. The summed E-state index contributed by atoms with van der Waals surface area (Å²) in [6.45, 7) is 1.25. The van der Waals surface area contributed by atoms with Crippen LogP contribution in [0.15, 0.2) is 21.5 Å². The van der Waals surface area contributed by atoms with Gasteiger partial charge < -0.3 is 14.1 Å². The predicted octanol–water partition coefficient (Wildman–Crippen LogP) is 0.684. The van der Waals surface area contributed by atoms with Gasteiger partial charge in [-0.15, -0.1) is 0 Å². The first-order chi connectivity index (χ1) is 10.5. The molecule has 0 amide bonds. The second-order valence-electron chi connectivity index (χ2n) is 4.77. The van der Waals surface area contributed by atoms with Crippen LogP contribution < -0.4 is 5.48 Å². The number of hydrogen-bond donors (Lipinski definition) is 1. The maximum absolute atomic E-state index is 10.3. The van der Waals surface area contributed by atoms with Crippen LogP contribution in [0.5, 0.6) is 0 Å². The Labute approximate surface area is 129 Å². The van der Waals surface area contributed by atoms with Crippen molar-refractivity contribution < 1.29 is 18.9 Å². The summed E-state index contributed by atoms with van der Waals surface area (Å²) in [4.78, 5) is 20.6. The minimum Gasteiger partial charge on any atom is -0.462 e. The molecule has 0 aliphatic carbocycles. The molecular formula is C13H22N4O5. The van der Waals surface area contributed by atoms with Crippen LogP contribution in [0, 0.1) is 10.1 Å². The Hall–Kier alpha value is -1.97. The fourth-order valence-electron chi connectivity index (χ4n) is 1.58. The fraction of sp³-hybridized carbons (Fsp3) is 0.615. The lowest BCUT2D eigenvalue weighted by Gasteiger charge is -2.07. The van der Waals surface area contributed by atoms with E-state index in [1.165, 1.54) is 7.05 Å². The van der Waals surface area contributed by atoms with Crippen LogP contribution in [0.3, 0.4) is 0 Å². The van der Waals surface area contributed by atoms with Gasteiger partial charge in [0.1, 0.15) is 18.1 Å². The number of ether oxygens (including phenoxy) is 1. The topological polar surface area (TPSA) is 102 Å². The smallest absolute Gasteiger partial charge is 0.261 e. The van der Waals surface area contributed by atoms with Crippen molar-refractivity contribution in [2.45, 2.75) is 13.2 Å². The average Bonchev–Trinajstić information content (AvgIpc) is 2.87. The third-order valence-electron chi connectivity index (χ3n) is 2.50. The minimum atomic E-state index is -0.489. The van der Waals surface area contributed by atoms with E-state index in [0.717, 1.165) is 18.1 Å². The first-order valence-corrected chi connectivity index (χ1v) is 6.76. The van der Waals surface area contributed by atoms with Crippen molar-refractivity contribution in [2.75, 3.05) is 40.9 Å². The summed E-state index contributed by atoms with van der Waals surface area (Å²) in [6, 6.07) is 3.79. The van der Waals surface area contributed by atoms with Crippen LogP contribution in [-0.2, 0) is 22.7 Å². The van der Waals surface area contributed by atoms with Gasteiger partial charge in [0.25, 0.3) is 6.54 Å². The zero-order valence-corrected chi connectivity index (χ0v) is 13.1. The van der Waals surface area contributed by atoms with Gasteiger partial charge in [0, 0.05) is 12.0 Å². The highest BCUT2D eigenvalue weighted by atomic mass is 16.7. The first kappa shape index (κ1) is 18.1. The van der Waals surface area contributed by atoms with Crippen molar-refractivity contribution in [3.63, 3.8) is 0 Å². The molecule has 0 radical (unpaired) electrons. The molecule has 0 fully saturated rings. The number of amidine groups is 1. The molecule has 1 N–H and O–H groups in total. The molecule has 1 heterocycles. The van der Waals surface area contributed by atoms with E-state index in [1.807, 2.05) is 31.1 Å². The number of furan rings is 1. The Morgan fingerprint density at radius 1 is 1.41 bits per heavy atom. The quantitative estimate of drug-likeness (QED) is 0.223. The number of nitro groups is 1. The summed E-state index contributed by atoms with van der Waals surface area (Å²) in [7, 11) is 5.39. The molecule has 124 valence electrons. The Kier molecular flexibility index (Phi) is 8.11. The van der Waals surface area contributed by atoms with Crippen molar-refractivity contribution >= 4 is 5.84 Å². The van der Waals surface area contributed by atoms with Crippen LogP contribution >= 0.6 is 0 Å². The van der Waals surface area contributed by atoms with Gasteiger partial charge in [-0.3, -0.25) is 19.9 Å². The number of nitrogens with zero attached hydrogens (tertiary/aromatic N) is 3. The maximum atomic E-state index is 10.3. The minimum absolute atomic E-state index is 0.157. The third-order valence-corrected chi connectivity index (χ3v) is 2.50. The van der Waals surface area contributed by atoms with Gasteiger partial charge in [-0.1, -0.05) is 0 Å². The van der Waals surface area contributed by atoms with Crippen LogP contribution in [-0.4, -0.2) is 56.6 Å². The summed E-state index contributed by atoms with van der Waals surface area (Å²) in [6.07, 6.45) is 0. The van der Waals surface area contributed by atoms with E-state index < -0.39 is 11.5 Å². The normalized spacial score (nSPS) is 11.9. The Balaban J connectivity index is 2.12. The molecule has 0 atom stereocenters. The van der Waals surface area contributed by atoms with Gasteiger partial charge in [-0.05, 0) is 26.2 Å². The van der Waals surface area contributed by atoms with E-state index in [-0.39, 0.29) is 12.4 Å². The monoisotopic (exact) mass is 314 g/mol. The van der Waals surface area contributed by atoms with Gasteiger partial charge in [-0.2, -0.15) is 0 Å². The van der Waals surface area contributed by atoms with Crippen molar-refractivity contribution in [1.29, 1.82) is 0 Å². The van der Waals surface area contributed by atoms with Crippen LogP contribution in [0.2, 0.25) is 0 Å². The second-order valence-corrected chi connectivity index (χ2v) is 4.77. The molecule has 0 unspecified atom stereocenters. The highest BCUT2D eigenvalue weighted by Gasteiger charge is 2.06. The molecule has 1 aromatic heterocycles. The van der Waals surface area contributed by atoms with E-state index in [1.54, 1.807) is 0 Å². The maximum Gasteiger partial charge on any atom is 0.261 e. The lowest BCUT2D eigenvalue weighted by atomic mass is 10.4. The molecule has 0 saturated heterocycles. The molecule has 0 saturated carbocycles. The van der Waals surface area contributed by atoms with E-state index in [2.05, 4.69) is 10.5 Å². The average molecular weight is 314 g/mol. The van der Waals surface area contributed by atoms with Crippen molar-refractivity contribution in [3.05, 3.63) is 33.8 Å². The highest BCUT2D eigenvalue weighted by molar-refractivity contribution is 5.81. The summed E-state index contributed by atoms with van der Waals surface area (Å²) in [5.74, 6) is 1.78. The van der Waals surface area contributed by atoms with E-state index in [9.17, 15) is 10.1 Å². The van der Waals surface area contributed by atoms with Crippen molar-refractivity contribution in [3.8, 4) is 0 Å². The number of nitrogens with one attached hydrogen (secondary N) is 1. The molecule has 9 nitrogen and oxygen atoms in total. The number of hydrogen-bond acceptors (Lipinski definition) is 7. The Morgan fingerprint density at radius 3 is 2.77 bits per heavy atom. The molecule has 0 aromatic carbocycles. The van der Waals surface area contributed by atoms with Crippen LogP contribution in [0.25, 0.3) is 0 Å². The van der Waals surface area contributed by atoms with Gasteiger partial charge in [0.15, 0.2) is 5.84 Å².